The molecule has 0 radical (unpaired) electrons. The number of hydrogen-bond acceptors (Lipinski definition) is 4. The normalized spacial score (nSPS) is 10.4. The van der Waals surface area contributed by atoms with Crippen LogP contribution in [0.15, 0.2) is 30.6 Å². The molecule has 0 saturated carbocycles. The van der Waals surface area contributed by atoms with E-state index in [0.717, 1.165) is 22.5 Å². The monoisotopic (exact) mass is 313 g/mol. The topological polar surface area (TPSA) is 63.2 Å². The van der Waals surface area contributed by atoms with E-state index in [0.29, 0.717) is 18.7 Å². The van der Waals surface area contributed by atoms with Crippen molar-refractivity contribution in [2.24, 2.45) is 0 Å². The number of pyridine rings is 1. The maximum atomic E-state index is 12.5. The molecule has 0 fully saturated rings. The lowest BCUT2D eigenvalue weighted by molar-refractivity contribution is 0.102. The Hall–Kier alpha value is -2.40. The highest BCUT2D eigenvalue weighted by Gasteiger charge is 2.11. The summed E-state index contributed by atoms with van der Waals surface area (Å²) in [5.41, 5.74) is 5.47. The second-order valence-electron chi connectivity index (χ2n) is 5.61. The summed E-state index contributed by atoms with van der Waals surface area (Å²) in [6.45, 7) is 7.30. The van der Waals surface area contributed by atoms with E-state index >= 15 is 0 Å². The van der Waals surface area contributed by atoms with Crippen LogP contribution < -0.4 is 10.6 Å². The quantitative estimate of drug-likeness (QED) is 0.803. The Balaban J connectivity index is 2.13. The molecule has 2 N–H and O–H groups in total. The highest BCUT2D eigenvalue weighted by atomic mass is 16.5. The molecule has 0 unspecified atom stereocenters. The molecule has 5 nitrogen and oxygen atoms in total. The summed E-state index contributed by atoms with van der Waals surface area (Å²) in [6, 6.07) is 5.91. The van der Waals surface area contributed by atoms with Crippen LogP contribution in [-0.2, 0) is 4.74 Å². The number of carbonyl (C=O) groups excluding carboxylic acids is 1. The fourth-order valence-electron chi connectivity index (χ4n) is 2.52. The van der Waals surface area contributed by atoms with E-state index in [1.54, 1.807) is 25.6 Å². The van der Waals surface area contributed by atoms with Crippen LogP contribution in [0.1, 0.15) is 27.0 Å². The van der Waals surface area contributed by atoms with Crippen LogP contribution in [0, 0.1) is 20.8 Å². The molecule has 1 aromatic heterocycles. The van der Waals surface area contributed by atoms with E-state index < -0.39 is 0 Å². The molecule has 2 rings (SSSR count). The van der Waals surface area contributed by atoms with Gasteiger partial charge in [-0.15, -0.1) is 0 Å². The Morgan fingerprint density at radius 2 is 1.83 bits per heavy atom. The van der Waals surface area contributed by atoms with Crippen LogP contribution in [0.4, 0.5) is 11.4 Å². The first-order valence-corrected chi connectivity index (χ1v) is 7.58. The van der Waals surface area contributed by atoms with Gasteiger partial charge in [-0.3, -0.25) is 9.78 Å². The molecule has 1 heterocycles. The molecule has 0 aliphatic rings. The lowest BCUT2D eigenvalue weighted by Gasteiger charge is -2.13. The predicted octanol–water partition coefficient (Wildman–Crippen LogP) is 3.32. The van der Waals surface area contributed by atoms with Crippen LogP contribution in [0.2, 0.25) is 0 Å². The maximum Gasteiger partial charge on any atom is 0.257 e. The van der Waals surface area contributed by atoms with Gasteiger partial charge in [0.25, 0.3) is 5.91 Å². The first-order chi connectivity index (χ1) is 11.0. The smallest absolute Gasteiger partial charge is 0.257 e. The van der Waals surface area contributed by atoms with Crippen LogP contribution in [0.5, 0.6) is 0 Å². The Bertz CT molecular complexity index is 675. The van der Waals surface area contributed by atoms with Gasteiger partial charge in [0.2, 0.25) is 0 Å². The average Bonchev–Trinajstić information content (AvgIpc) is 2.51. The number of nitrogens with one attached hydrogen (secondary N) is 2. The Kier molecular flexibility index (Phi) is 5.71. The van der Waals surface area contributed by atoms with Gasteiger partial charge in [0.15, 0.2) is 0 Å². The lowest BCUT2D eigenvalue weighted by atomic mass is 10.0. The zero-order chi connectivity index (χ0) is 16.8. The van der Waals surface area contributed by atoms with Crippen LogP contribution in [0.3, 0.4) is 0 Å². The zero-order valence-electron chi connectivity index (χ0n) is 14.1. The molecule has 0 spiro atoms. The number of benzene rings is 1. The van der Waals surface area contributed by atoms with Crippen molar-refractivity contribution in [1.29, 1.82) is 0 Å². The van der Waals surface area contributed by atoms with E-state index in [-0.39, 0.29) is 5.91 Å². The van der Waals surface area contributed by atoms with E-state index in [4.69, 9.17) is 4.74 Å². The summed E-state index contributed by atoms with van der Waals surface area (Å²) >= 11 is 0. The number of nitrogens with zero attached hydrogens (tertiary/aromatic N) is 1. The van der Waals surface area contributed by atoms with Crippen molar-refractivity contribution in [3.63, 3.8) is 0 Å². The van der Waals surface area contributed by atoms with Gasteiger partial charge in [0.1, 0.15) is 0 Å². The molecular formula is C18H23N3O2. The lowest BCUT2D eigenvalue weighted by Crippen LogP contribution is -2.15. The molecule has 0 aliphatic heterocycles. The third-order valence-electron chi connectivity index (χ3n) is 3.55. The second-order valence-corrected chi connectivity index (χ2v) is 5.61. The molecule has 5 heteroatoms. The van der Waals surface area contributed by atoms with E-state index in [2.05, 4.69) is 27.8 Å². The van der Waals surface area contributed by atoms with E-state index in [1.165, 1.54) is 5.56 Å². The Labute approximate surface area is 137 Å². The summed E-state index contributed by atoms with van der Waals surface area (Å²) in [5, 5.41) is 6.15. The summed E-state index contributed by atoms with van der Waals surface area (Å²) in [7, 11) is 1.65. The van der Waals surface area contributed by atoms with Crippen molar-refractivity contribution >= 4 is 17.3 Å². The number of aryl methyl sites for hydroxylation is 3. The van der Waals surface area contributed by atoms with Gasteiger partial charge in [-0.1, -0.05) is 17.7 Å². The third-order valence-corrected chi connectivity index (χ3v) is 3.55. The Morgan fingerprint density at radius 1 is 1.13 bits per heavy atom. The van der Waals surface area contributed by atoms with Gasteiger partial charge >= 0.3 is 0 Å². The molecule has 0 bridgehead atoms. The van der Waals surface area contributed by atoms with Crippen LogP contribution >= 0.6 is 0 Å². The van der Waals surface area contributed by atoms with Crippen LogP contribution in [0.25, 0.3) is 0 Å². The van der Waals surface area contributed by atoms with Gasteiger partial charge in [-0.05, 0) is 38.0 Å². The third kappa shape index (κ3) is 4.53. The number of methoxy groups -OCH3 is 1. The largest absolute Gasteiger partial charge is 0.383 e. The van der Waals surface area contributed by atoms with Gasteiger partial charge in [0.05, 0.1) is 17.9 Å². The molecule has 23 heavy (non-hydrogen) atoms. The fraction of sp³-hybridized carbons (Fsp3) is 0.333. The van der Waals surface area contributed by atoms with Gasteiger partial charge < -0.3 is 15.4 Å². The fourth-order valence-corrected chi connectivity index (χ4v) is 2.52. The second kappa shape index (κ2) is 7.74. The Morgan fingerprint density at radius 3 is 2.48 bits per heavy atom. The van der Waals surface area contributed by atoms with Crippen molar-refractivity contribution in [2.75, 3.05) is 30.9 Å². The summed E-state index contributed by atoms with van der Waals surface area (Å²) in [5.74, 6) is -0.164. The van der Waals surface area contributed by atoms with E-state index in [1.807, 2.05) is 20.8 Å². The van der Waals surface area contributed by atoms with Crippen molar-refractivity contribution in [1.82, 2.24) is 4.98 Å². The van der Waals surface area contributed by atoms with Gasteiger partial charge in [0, 0.05) is 31.7 Å². The number of aromatic nitrogens is 1. The van der Waals surface area contributed by atoms with E-state index in [9.17, 15) is 4.79 Å². The average molecular weight is 313 g/mol. The first kappa shape index (κ1) is 17.0. The number of hydrogen-bond donors (Lipinski definition) is 2. The number of rotatable bonds is 6. The van der Waals surface area contributed by atoms with Crippen molar-refractivity contribution in [3.8, 4) is 0 Å². The zero-order valence-corrected chi connectivity index (χ0v) is 14.1. The van der Waals surface area contributed by atoms with Gasteiger partial charge in [-0.2, -0.15) is 0 Å². The predicted molar refractivity (Wildman–Crippen MR) is 93.2 cm³/mol. The summed E-state index contributed by atoms with van der Waals surface area (Å²) < 4.78 is 4.99. The molecule has 122 valence electrons. The molecular weight excluding hydrogens is 290 g/mol. The van der Waals surface area contributed by atoms with Crippen molar-refractivity contribution in [3.05, 3.63) is 52.8 Å². The molecule has 0 atom stereocenters. The maximum absolute atomic E-state index is 12.5. The standard InChI is InChI=1S/C18H23N3O2/c1-12-7-13(2)17(14(3)8-12)21-18(22)15-9-16(11-19-10-15)20-5-6-23-4/h7-11,20H,5-6H2,1-4H3,(H,21,22). The molecule has 0 aliphatic carbocycles. The molecule has 1 aromatic carbocycles. The summed E-state index contributed by atoms with van der Waals surface area (Å²) in [4.78, 5) is 16.6. The SMILES string of the molecule is COCCNc1cncc(C(=O)Nc2c(C)cc(C)cc2C)c1. The van der Waals surface area contributed by atoms with Crippen molar-refractivity contribution < 1.29 is 9.53 Å². The van der Waals surface area contributed by atoms with Crippen LogP contribution in [-0.4, -0.2) is 31.2 Å². The number of carbonyl (C=O) groups is 1. The molecule has 2 aromatic rings. The molecule has 1 amide bonds. The highest BCUT2D eigenvalue weighted by Crippen LogP contribution is 2.22. The minimum Gasteiger partial charge on any atom is -0.383 e. The number of ether oxygens (including phenoxy) is 1. The number of amides is 1. The van der Waals surface area contributed by atoms with Gasteiger partial charge in [-0.25, -0.2) is 0 Å². The number of anilines is 2. The minimum atomic E-state index is -0.164. The summed E-state index contributed by atoms with van der Waals surface area (Å²) in [6.07, 6.45) is 3.25. The molecule has 0 saturated heterocycles. The highest BCUT2D eigenvalue weighted by molar-refractivity contribution is 6.05. The van der Waals surface area contributed by atoms with Crippen molar-refractivity contribution in [2.45, 2.75) is 20.8 Å². The minimum absolute atomic E-state index is 0.164. The first-order valence-electron chi connectivity index (χ1n) is 7.58.